The highest BCUT2D eigenvalue weighted by atomic mass is 32.1. The zero-order valence-electron chi connectivity index (χ0n) is 20.4. The molecule has 36 heavy (non-hydrogen) atoms. The van der Waals surface area contributed by atoms with Crippen LogP contribution in [-0.4, -0.2) is 31.8 Å². The molecule has 10 heteroatoms. The summed E-state index contributed by atoms with van der Waals surface area (Å²) in [6.45, 7) is 4.62. The number of nitrogens with one attached hydrogen (secondary N) is 1. The predicted molar refractivity (Wildman–Crippen MR) is 144 cm³/mol. The Balaban J connectivity index is 1.87. The monoisotopic (exact) mass is 506 g/mol. The number of nitrogens with zero attached hydrogens (tertiary/aromatic N) is 4. The van der Waals surface area contributed by atoms with Gasteiger partial charge in [-0.25, -0.2) is 9.48 Å². The number of H-pyrrole nitrogens is 1. The number of hydrogen-bond acceptors (Lipinski definition) is 6. The largest absolute Gasteiger partial charge is 0.383 e. The maximum absolute atomic E-state index is 14.1. The van der Waals surface area contributed by atoms with Crippen LogP contribution in [-0.2, 0) is 6.54 Å². The molecule has 4 aromatic rings. The summed E-state index contributed by atoms with van der Waals surface area (Å²) in [5, 5.41) is 6.67. The number of aromatic nitrogens is 4. The molecule has 0 spiro atoms. The van der Waals surface area contributed by atoms with Gasteiger partial charge in [0.25, 0.3) is 11.5 Å². The first kappa shape index (κ1) is 25.2. The number of aromatic amines is 1. The van der Waals surface area contributed by atoms with Crippen LogP contribution in [0.5, 0.6) is 0 Å². The molecular weight excluding hydrogens is 476 g/mol. The molecule has 0 aliphatic heterocycles. The van der Waals surface area contributed by atoms with E-state index in [1.54, 1.807) is 10.7 Å². The number of hydrogen-bond donors (Lipinski definition) is 2. The zero-order valence-corrected chi connectivity index (χ0v) is 21.3. The van der Waals surface area contributed by atoms with Crippen LogP contribution in [0.3, 0.4) is 0 Å². The van der Waals surface area contributed by atoms with E-state index in [9.17, 15) is 14.4 Å². The van der Waals surface area contributed by atoms with E-state index >= 15 is 0 Å². The number of nitrogens with two attached hydrogens (primary N) is 1. The number of rotatable bonds is 10. The molecule has 0 saturated carbocycles. The molecule has 4 rings (SSSR count). The number of amides is 1. The fraction of sp³-hybridized carbons (Fsp3) is 0.308. The van der Waals surface area contributed by atoms with Gasteiger partial charge in [-0.15, -0.1) is 11.3 Å². The summed E-state index contributed by atoms with van der Waals surface area (Å²) >= 11 is 1.53. The molecule has 1 amide bonds. The first-order valence-corrected chi connectivity index (χ1v) is 13.0. The van der Waals surface area contributed by atoms with Crippen molar-refractivity contribution in [2.45, 2.75) is 46.1 Å². The first-order chi connectivity index (χ1) is 17.5. The Morgan fingerprint density at radius 2 is 1.83 bits per heavy atom. The lowest BCUT2D eigenvalue weighted by Crippen LogP contribution is -2.42. The van der Waals surface area contributed by atoms with Crippen LogP contribution in [0, 0.1) is 0 Å². The number of nitrogen functional groups attached to an aromatic ring is 1. The standard InChI is InChI=1S/C26H30N6O3S/c1-3-5-14-30(22-23(27)31(15-6-4-2)26(35)28-24(22)33)25(34)20-17-19(21-13-10-16-36-21)29-32(20)18-11-8-7-9-12-18/h7-13,16-17H,3-6,14-15,27H2,1-2H3,(H,28,33,35). The Labute approximate surface area is 212 Å². The van der Waals surface area contributed by atoms with Crippen LogP contribution in [0.2, 0.25) is 0 Å². The minimum Gasteiger partial charge on any atom is -0.383 e. The van der Waals surface area contributed by atoms with Gasteiger partial charge in [-0.1, -0.05) is 51.0 Å². The van der Waals surface area contributed by atoms with Crippen molar-refractivity contribution in [2.24, 2.45) is 0 Å². The van der Waals surface area contributed by atoms with E-state index < -0.39 is 17.2 Å². The van der Waals surface area contributed by atoms with Crippen molar-refractivity contribution < 1.29 is 4.79 Å². The van der Waals surface area contributed by atoms with Crippen molar-refractivity contribution in [1.82, 2.24) is 19.3 Å². The van der Waals surface area contributed by atoms with Gasteiger partial charge in [0.2, 0.25) is 0 Å². The summed E-state index contributed by atoms with van der Waals surface area (Å²) in [6, 6.07) is 15.0. The maximum atomic E-state index is 14.1. The lowest BCUT2D eigenvalue weighted by Gasteiger charge is -2.24. The van der Waals surface area contributed by atoms with E-state index in [4.69, 9.17) is 10.8 Å². The summed E-state index contributed by atoms with van der Waals surface area (Å²) in [4.78, 5) is 44.3. The third-order valence-corrected chi connectivity index (χ3v) is 6.79. The lowest BCUT2D eigenvalue weighted by molar-refractivity contribution is 0.0978. The van der Waals surface area contributed by atoms with E-state index in [0.29, 0.717) is 36.5 Å². The second-order valence-corrected chi connectivity index (χ2v) is 9.40. The molecule has 188 valence electrons. The second-order valence-electron chi connectivity index (χ2n) is 8.45. The molecule has 3 N–H and O–H groups in total. The molecule has 3 aromatic heterocycles. The smallest absolute Gasteiger partial charge is 0.330 e. The van der Waals surface area contributed by atoms with Gasteiger partial charge in [-0.3, -0.25) is 24.0 Å². The summed E-state index contributed by atoms with van der Waals surface area (Å²) in [5.74, 6) is -0.425. The van der Waals surface area contributed by atoms with Gasteiger partial charge in [0, 0.05) is 13.1 Å². The number of unbranched alkanes of at least 4 members (excludes halogenated alkanes) is 2. The number of para-hydroxylation sites is 1. The molecule has 9 nitrogen and oxygen atoms in total. The second kappa shape index (κ2) is 11.2. The number of anilines is 2. The van der Waals surface area contributed by atoms with Crippen LogP contribution in [0.25, 0.3) is 16.3 Å². The Morgan fingerprint density at radius 3 is 2.50 bits per heavy atom. The highest BCUT2D eigenvalue weighted by molar-refractivity contribution is 7.13. The minimum atomic E-state index is -0.682. The molecule has 0 saturated heterocycles. The fourth-order valence-electron chi connectivity index (χ4n) is 3.99. The van der Waals surface area contributed by atoms with Crippen molar-refractivity contribution in [3.8, 4) is 16.3 Å². The highest BCUT2D eigenvalue weighted by Crippen LogP contribution is 2.28. The maximum Gasteiger partial charge on any atom is 0.330 e. The summed E-state index contributed by atoms with van der Waals surface area (Å²) < 4.78 is 2.92. The van der Waals surface area contributed by atoms with Crippen LogP contribution < -0.4 is 21.9 Å². The summed E-state index contributed by atoms with van der Waals surface area (Å²) in [6.07, 6.45) is 3.01. The zero-order chi connectivity index (χ0) is 25.7. The third-order valence-electron chi connectivity index (χ3n) is 5.90. The molecule has 1 aromatic carbocycles. The Bertz CT molecular complexity index is 1440. The molecule has 0 atom stereocenters. The SMILES string of the molecule is CCCCN(C(=O)c1cc(-c2cccs2)nn1-c1ccccc1)c1c(N)n(CCCC)c(=O)[nH]c1=O. The van der Waals surface area contributed by atoms with Crippen LogP contribution in [0.15, 0.2) is 63.5 Å². The van der Waals surface area contributed by atoms with Crippen molar-refractivity contribution in [1.29, 1.82) is 0 Å². The van der Waals surface area contributed by atoms with E-state index in [2.05, 4.69) is 4.98 Å². The van der Waals surface area contributed by atoms with Crippen molar-refractivity contribution in [3.63, 3.8) is 0 Å². The van der Waals surface area contributed by atoms with E-state index in [-0.39, 0.29) is 18.1 Å². The van der Waals surface area contributed by atoms with E-state index in [1.807, 2.05) is 61.7 Å². The normalized spacial score (nSPS) is 11.1. The van der Waals surface area contributed by atoms with Crippen molar-refractivity contribution in [2.75, 3.05) is 17.2 Å². The molecule has 0 fully saturated rings. The summed E-state index contributed by atoms with van der Waals surface area (Å²) in [5.41, 5.74) is 6.77. The highest BCUT2D eigenvalue weighted by Gasteiger charge is 2.28. The summed E-state index contributed by atoms with van der Waals surface area (Å²) in [7, 11) is 0. The molecule has 0 aliphatic carbocycles. The van der Waals surface area contributed by atoms with Crippen molar-refractivity contribution >= 4 is 28.7 Å². The van der Waals surface area contributed by atoms with Gasteiger partial charge in [0.15, 0.2) is 5.69 Å². The van der Waals surface area contributed by atoms with Gasteiger partial charge < -0.3 is 5.73 Å². The van der Waals surface area contributed by atoms with E-state index in [0.717, 1.165) is 17.7 Å². The average molecular weight is 507 g/mol. The Kier molecular flexibility index (Phi) is 7.84. The molecule has 0 bridgehead atoms. The Hall–Kier alpha value is -3.92. The third kappa shape index (κ3) is 5.03. The molecular formula is C26H30N6O3S. The molecule has 0 unspecified atom stereocenters. The quantitative estimate of drug-likeness (QED) is 0.333. The first-order valence-electron chi connectivity index (χ1n) is 12.1. The van der Waals surface area contributed by atoms with E-state index in [1.165, 1.54) is 20.8 Å². The van der Waals surface area contributed by atoms with Crippen LogP contribution in [0.1, 0.15) is 50.0 Å². The molecule has 0 aliphatic rings. The topological polar surface area (TPSA) is 119 Å². The van der Waals surface area contributed by atoms with Crippen LogP contribution in [0.4, 0.5) is 11.5 Å². The fourth-order valence-corrected chi connectivity index (χ4v) is 4.67. The number of carbonyl (C=O) groups excluding carboxylic acids is 1. The predicted octanol–water partition coefficient (Wildman–Crippen LogP) is 4.28. The molecule has 0 radical (unpaired) electrons. The number of carbonyl (C=O) groups is 1. The van der Waals surface area contributed by atoms with Crippen molar-refractivity contribution in [3.05, 3.63) is 80.4 Å². The van der Waals surface area contributed by atoms with Crippen LogP contribution >= 0.6 is 11.3 Å². The number of thiophene rings is 1. The molecule has 3 heterocycles. The lowest BCUT2D eigenvalue weighted by atomic mass is 10.2. The average Bonchev–Trinajstić information content (AvgIpc) is 3.56. The Morgan fingerprint density at radius 1 is 1.08 bits per heavy atom. The number of benzene rings is 1. The minimum absolute atomic E-state index is 0.00842. The van der Waals surface area contributed by atoms with Gasteiger partial charge in [0.05, 0.1) is 10.6 Å². The van der Waals surface area contributed by atoms with Gasteiger partial charge in [0.1, 0.15) is 17.2 Å². The van der Waals surface area contributed by atoms with Gasteiger partial charge in [-0.2, -0.15) is 5.10 Å². The van der Waals surface area contributed by atoms with Gasteiger partial charge >= 0.3 is 5.69 Å². The van der Waals surface area contributed by atoms with Gasteiger partial charge in [-0.05, 0) is 42.5 Å².